The molecule has 1 amide bonds. The van der Waals surface area contributed by atoms with Gasteiger partial charge in [0.2, 0.25) is 5.91 Å². The second-order valence-corrected chi connectivity index (χ2v) is 4.05. The molecule has 4 heteroatoms. The molecule has 0 atom stereocenters. The maximum absolute atomic E-state index is 10.8. The van der Waals surface area contributed by atoms with Gasteiger partial charge in [0.05, 0.1) is 6.42 Å². The predicted molar refractivity (Wildman–Crippen MR) is 70.9 cm³/mol. The van der Waals surface area contributed by atoms with Gasteiger partial charge in [-0.1, -0.05) is 12.1 Å². The van der Waals surface area contributed by atoms with E-state index in [1.165, 1.54) is 5.56 Å². The maximum Gasteiger partial charge on any atom is 0.221 e. The van der Waals surface area contributed by atoms with E-state index in [0.29, 0.717) is 0 Å². The molecule has 1 heterocycles. The minimum Gasteiger partial charge on any atom is -0.381 e. The van der Waals surface area contributed by atoms with Gasteiger partial charge in [0.1, 0.15) is 0 Å². The average molecular weight is 241 g/mol. The molecule has 0 fully saturated rings. The predicted octanol–water partition coefficient (Wildman–Crippen LogP) is 1.72. The minimum absolute atomic E-state index is 0.282. The highest BCUT2D eigenvalue weighted by atomic mass is 16.1. The number of nitrogens with zero attached hydrogens (tertiary/aromatic N) is 1. The second-order valence-electron chi connectivity index (χ2n) is 4.05. The van der Waals surface area contributed by atoms with Crippen molar-refractivity contribution >= 4 is 11.6 Å². The Morgan fingerprint density at radius 3 is 2.33 bits per heavy atom. The molecule has 2 rings (SSSR count). The van der Waals surface area contributed by atoms with E-state index in [0.717, 1.165) is 17.8 Å². The Hall–Kier alpha value is -2.36. The first-order valence-electron chi connectivity index (χ1n) is 5.74. The van der Waals surface area contributed by atoms with Gasteiger partial charge in [0.15, 0.2) is 0 Å². The fourth-order valence-electron chi connectivity index (χ4n) is 1.65. The number of benzene rings is 1. The lowest BCUT2D eigenvalue weighted by molar-refractivity contribution is -0.117. The van der Waals surface area contributed by atoms with Crippen LogP contribution >= 0.6 is 0 Å². The summed E-state index contributed by atoms with van der Waals surface area (Å²) < 4.78 is 0. The molecule has 18 heavy (non-hydrogen) atoms. The van der Waals surface area contributed by atoms with E-state index in [1.54, 1.807) is 12.4 Å². The molecule has 0 saturated heterocycles. The summed E-state index contributed by atoms with van der Waals surface area (Å²) in [5.41, 5.74) is 8.25. The number of aromatic nitrogens is 1. The third-order valence-electron chi connectivity index (χ3n) is 2.58. The molecule has 2 aromatic rings. The van der Waals surface area contributed by atoms with Gasteiger partial charge in [-0.25, -0.2) is 0 Å². The van der Waals surface area contributed by atoms with Gasteiger partial charge >= 0.3 is 0 Å². The Morgan fingerprint density at radius 1 is 1.06 bits per heavy atom. The van der Waals surface area contributed by atoms with E-state index in [2.05, 4.69) is 10.3 Å². The summed E-state index contributed by atoms with van der Waals surface area (Å²) in [6, 6.07) is 11.6. The van der Waals surface area contributed by atoms with Gasteiger partial charge in [-0.3, -0.25) is 9.78 Å². The molecule has 0 aliphatic rings. The first kappa shape index (κ1) is 12.1. The normalized spacial score (nSPS) is 10.0. The number of nitrogens with one attached hydrogen (secondary N) is 1. The highest BCUT2D eigenvalue weighted by Gasteiger charge is 1.98. The van der Waals surface area contributed by atoms with Crippen molar-refractivity contribution in [3.8, 4) is 0 Å². The Labute approximate surface area is 106 Å². The number of pyridine rings is 1. The standard InChI is InChI=1S/C14H15N3O/c15-14(18)9-11-1-3-13(4-2-11)17-10-12-5-7-16-8-6-12/h1-8,17H,9-10H2,(H2,15,18). The number of primary amides is 1. The van der Waals surface area contributed by atoms with Crippen LogP contribution in [0.5, 0.6) is 0 Å². The fourth-order valence-corrected chi connectivity index (χ4v) is 1.65. The molecule has 4 nitrogen and oxygen atoms in total. The van der Waals surface area contributed by atoms with Crippen molar-refractivity contribution in [2.75, 3.05) is 5.32 Å². The lowest BCUT2D eigenvalue weighted by Crippen LogP contribution is -2.13. The molecule has 0 aliphatic heterocycles. The highest BCUT2D eigenvalue weighted by molar-refractivity contribution is 5.76. The molecule has 1 aromatic carbocycles. The third-order valence-corrected chi connectivity index (χ3v) is 2.58. The first-order valence-corrected chi connectivity index (χ1v) is 5.74. The monoisotopic (exact) mass is 241 g/mol. The Morgan fingerprint density at radius 2 is 1.72 bits per heavy atom. The summed E-state index contributed by atoms with van der Waals surface area (Å²) in [6.45, 7) is 0.748. The van der Waals surface area contributed by atoms with E-state index in [9.17, 15) is 4.79 Å². The number of hydrogen-bond donors (Lipinski definition) is 2. The number of nitrogens with two attached hydrogens (primary N) is 1. The first-order chi connectivity index (χ1) is 8.74. The number of hydrogen-bond acceptors (Lipinski definition) is 3. The molecule has 0 unspecified atom stereocenters. The molecule has 0 saturated carbocycles. The molecule has 0 spiro atoms. The van der Waals surface area contributed by atoms with Crippen molar-refractivity contribution in [2.45, 2.75) is 13.0 Å². The topological polar surface area (TPSA) is 68.0 Å². The summed E-state index contributed by atoms with van der Waals surface area (Å²) in [4.78, 5) is 14.7. The minimum atomic E-state index is -0.313. The third kappa shape index (κ3) is 3.59. The Bertz CT molecular complexity index is 508. The van der Waals surface area contributed by atoms with Gasteiger partial charge in [0, 0.05) is 24.6 Å². The van der Waals surface area contributed by atoms with Crippen LogP contribution in [0.2, 0.25) is 0 Å². The summed E-state index contributed by atoms with van der Waals surface area (Å²) in [5.74, 6) is -0.313. The summed E-state index contributed by atoms with van der Waals surface area (Å²) in [6.07, 6.45) is 3.82. The van der Waals surface area contributed by atoms with Gasteiger partial charge in [-0.15, -0.1) is 0 Å². The average Bonchev–Trinajstić information content (AvgIpc) is 2.38. The zero-order valence-corrected chi connectivity index (χ0v) is 9.97. The smallest absolute Gasteiger partial charge is 0.221 e. The zero-order chi connectivity index (χ0) is 12.8. The van der Waals surface area contributed by atoms with Crippen LogP contribution in [0.1, 0.15) is 11.1 Å². The Kier molecular flexibility index (Phi) is 3.91. The Balaban J connectivity index is 1.92. The lowest BCUT2D eigenvalue weighted by Gasteiger charge is -2.07. The number of carbonyl (C=O) groups is 1. The summed E-state index contributed by atoms with van der Waals surface area (Å²) >= 11 is 0. The van der Waals surface area contributed by atoms with Crippen molar-refractivity contribution < 1.29 is 4.79 Å². The van der Waals surface area contributed by atoms with Crippen molar-refractivity contribution in [3.63, 3.8) is 0 Å². The SMILES string of the molecule is NC(=O)Cc1ccc(NCc2ccncc2)cc1. The van der Waals surface area contributed by atoms with Gasteiger partial charge in [0.25, 0.3) is 0 Å². The van der Waals surface area contributed by atoms with Gasteiger partial charge in [-0.2, -0.15) is 0 Å². The second kappa shape index (κ2) is 5.82. The van der Waals surface area contributed by atoms with Crippen LogP contribution in [0, 0.1) is 0 Å². The van der Waals surface area contributed by atoms with Crippen LogP contribution in [0.25, 0.3) is 0 Å². The fraction of sp³-hybridized carbons (Fsp3) is 0.143. The van der Waals surface area contributed by atoms with Crippen LogP contribution in [-0.4, -0.2) is 10.9 Å². The quantitative estimate of drug-likeness (QED) is 0.837. The van der Waals surface area contributed by atoms with Crippen molar-refractivity contribution in [3.05, 3.63) is 59.9 Å². The van der Waals surface area contributed by atoms with Crippen LogP contribution < -0.4 is 11.1 Å². The van der Waals surface area contributed by atoms with Crippen LogP contribution in [-0.2, 0) is 17.8 Å². The number of rotatable bonds is 5. The molecule has 0 radical (unpaired) electrons. The largest absolute Gasteiger partial charge is 0.381 e. The summed E-state index contributed by atoms with van der Waals surface area (Å²) in [5, 5.41) is 3.30. The van der Waals surface area contributed by atoms with Crippen LogP contribution in [0.4, 0.5) is 5.69 Å². The number of carbonyl (C=O) groups excluding carboxylic acids is 1. The zero-order valence-electron chi connectivity index (χ0n) is 9.97. The van der Waals surface area contributed by atoms with Gasteiger partial charge < -0.3 is 11.1 Å². The van der Waals surface area contributed by atoms with Gasteiger partial charge in [-0.05, 0) is 35.4 Å². The van der Waals surface area contributed by atoms with Crippen LogP contribution in [0.3, 0.4) is 0 Å². The van der Waals surface area contributed by atoms with E-state index < -0.39 is 0 Å². The molecular weight excluding hydrogens is 226 g/mol. The van der Waals surface area contributed by atoms with E-state index in [1.807, 2.05) is 36.4 Å². The number of anilines is 1. The van der Waals surface area contributed by atoms with E-state index >= 15 is 0 Å². The number of amides is 1. The van der Waals surface area contributed by atoms with Crippen LogP contribution in [0.15, 0.2) is 48.8 Å². The van der Waals surface area contributed by atoms with E-state index in [4.69, 9.17) is 5.73 Å². The molecule has 0 bridgehead atoms. The molecule has 1 aromatic heterocycles. The molecule has 0 aliphatic carbocycles. The van der Waals surface area contributed by atoms with E-state index in [-0.39, 0.29) is 12.3 Å². The highest BCUT2D eigenvalue weighted by Crippen LogP contribution is 2.11. The summed E-state index contributed by atoms with van der Waals surface area (Å²) in [7, 11) is 0. The molecule has 92 valence electrons. The maximum atomic E-state index is 10.8. The van der Waals surface area contributed by atoms with Crippen molar-refractivity contribution in [1.82, 2.24) is 4.98 Å². The van der Waals surface area contributed by atoms with Crippen molar-refractivity contribution in [2.24, 2.45) is 5.73 Å². The molecule has 3 N–H and O–H groups in total. The molecular formula is C14H15N3O. The van der Waals surface area contributed by atoms with Crippen molar-refractivity contribution in [1.29, 1.82) is 0 Å². The lowest BCUT2D eigenvalue weighted by atomic mass is 10.1.